The third-order valence-corrected chi connectivity index (χ3v) is 7.77. The van der Waals surface area contributed by atoms with E-state index in [2.05, 4.69) is 0 Å². The van der Waals surface area contributed by atoms with E-state index in [9.17, 15) is 14.4 Å². The lowest BCUT2D eigenvalue weighted by molar-refractivity contribution is -0.136. The summed E-state index contributed by atoms with van der Waals surface area (Å²) in [5.74, 6) is 0.981. The molecule has 7 heteroatoms. The quantitative estimate of drug-likeness (QED) is 0.714. The van der Waals surface area contributed by atoms with Crippen LogP contribution in [0.4, 0.5) is 4.79 Å². The van der Waals surface area contributed by atoms with Crippen molar-refractivity contribution in [2.24, 2.45) is 5.41 Å². The van der Waals surface area contributed by atoms with Gasteiger partial charge in [0.1, 0.15) is 11.8 Å². The lowest BCUT2D eigenvalue weighted by atomic mass is 9.76. The van der Waals surface area contributed by atoms with Crippen LogP contribution < -0.4 is 4.74 Å². The number of hydrogen-bond acceptors (Lipinski definition) is 4. The molecule has 0 bridgehead atoms. The van der Waals surface area contributed by atoms with E-state index in [0.717, 1.165) is 43.4 Å². The molecule has 4 aliphatic rings. The molecule has 5 rings (SSSR count). The highest BCUT2D eigenvalue weighted by molar-refractivity contribution is 6.04. The molecule has 1 aliphatic carbocycles. The van der Waals surface area contributed by atoms with Gasteiger partial charge in [-0.15, -0.1) is 0 Å². The van der Waals surface area contributed by atoms with Gasteiger partial charge in [0.25, 0.3) is 5.91 Å². The van der Waals surface area contributed by atoms with E-state index >= 15 is 0 Å². The summed E-state index contributed by atoms with van der Waals surface area (Å²) in [6, 6.07) is 7.43. The van der Waals surface area contributed by atoms with Gasteiger partial charge in [0.2, 0.25) is 5.91 Å². The lowest BCUT2D eigenvalue weighted by Crippen LogP contribution is -2.48. The first-order chi connectivity index (χ1) is 14.4. The number of likely N-dealkylation sites (N-methyl/N-ethyl adjacent to an activating group) is 1. The van der Waals surface area contributed by atoms with E-state index in [4.69, 9.17) is 4.74 Å². The highest BCUT2D eigenvalue weighted by atomic mass is 16.5. The zero-order chi connectivity index (χ0) is 21.1. The second kappa shape index (κ2) is 6.72. The second-order valence-corrected chi connectivity index (χ2v) is 9.32. The molecule has 30 heavy (non-hydrogen) atoms. The fraction of sp³-hybridized carbons (Fsp3) is 0.609. The van der Waals surface area contributed by atoms with Crippen molar-refractivity contribution in [3.63, 3.8) is 0 Å². The van der Waals surface area contributed by atoms with Crippen LogP contribution in [0.25, 0.3) is 0 Å². The van der Waals surface area contributed by atoms with Crippen molar-refractivity contribution in [1.82, 2.24) is 14.7 Å². The van der Waals surface area contributed by atoms with Gasteiger partial charge in [-0.2, -0.15) is 0 Å². The van der Waals surface area contributed by atoms with Crippen LogP contribution in [-0.2, 0) is 15.0 Å². The van der Waals surface area contributed by atoms with Gasteiger partial charge in [-0.05, 0) is 62.1 Å². The number of ether oxygens (including phenoxy) is 1. The van der Waals surface area contributed by atoms with E-state index in [1.54, 1.807) is 12.0 Å². The number of amides is 4. The van der Waals surface area contributed by atoms with Crippen LogP contribution in [0.2, 0.25) is 0 Å². The molecule has 1 aromatic rings. The molecule has 0 N–H and O–H groups in total. The van der Waals surface area contributed by atoms with E-state index in [-0.39, 0.29) is 34.7 Å². The molecule has 0 radical (unpaired) electrons. The number of imide groups is 1. The molecule has 1 atom stereocenters. The first-order valence-corrected chi connectivity index (χ1v) is 11.0. The number of hydrogen-bond donors (Lipinski definition) is 0. The molecule has 4 amide bonds. The molecule has 1 saturated carbocycles. The first-order valence-electron chi connectivity index (χ1n) is 11.0. The fourth-order valence-electron chi connectivity index (χ4n) is 5.71. The van der Waals surface area contributed by atoms with Crippen molar-refractivity contribution >= 4 is 17.8 Å². The largest absolute Gasteiger partial charge is 0.497 e. The molecule has 1 aromatic carbocycles. The van der Waals surface area contributed by atoms with Gasteiger partial charge in [0.15, 0.2) is 0 Å². The van der Waals surface area contributed by atoms with Gasteiger partial charge < -0.3 is 14.5 Å². The maximum Gasteiger partial charge on any atom is 0.327 e. The molecule has 7 nitrogen and oxygen atoms in total. The van der Waals surface area contributed by atoms with Crippen LogP contribution in [0.3, 0.4) is 0 Å². The van der Waals surface area contributed by atoms with Crippen molar-refractivity contribution in [3.05, 3.63) is 29.8 Å². The van der Waals surface area contributed by atoms with Crippen molar-refractivity contribution in [2.75, 3.05) is 33.3 Å². The summed E-state index contributed by atoms with van der Waals surface area (Å²) in [6.45, 7) is 4.33. The van der Waals surface area contributed by atoms with Crippen molar-refractivity contribution in [2.45, 2.75) is 50.5 Å². The normalized spacial score (nSPS) is 26.3. The number of piperidine rings is 1. The van der Waals surface area contributed by atoms with Gasteiger partial charge in [-0.3, -0.25) is 14.5 Å². The molecular weight excluding hydrogens is 382 g/mol. The summed E-state index contributed by atoms with van der Waals surface area (Å²) in [6.07, 6.45) is 4.24. The molecule has 3 heterocycles. The number of urea groups is 1. The third-order valence-electron chi connectivity index (χ3n) is 7.77. The fourth-order valence-corrected chi connectivity index (χ4v) is 5.71. The molecule has 4 fully saturated rings. The number of nitrogens with zero attached hydrogens (tertiary/aromatic N) is 3. The molecule has 0 aromatic heterocycles. The van der Waals surface area contributed by atoms with Crippen LogP contribution in [0.1, 0.15) is 44.6 Å². The summed E-state index contributed by atoms with van der Waals surface area (Å²) < 4.78 is 5.24. The maximum atomic E-state index is 13.4. The molecule has 3 saturated heterocycles. The van der Waals surface area contributed by atoms with E-state index in [1.807, 2.05) is 36.1 Å². The molecular formula is C23H29N3O4. The minimum absolute atomic E-state index is 0.0244. The summed E-state index contributed by atoms with van der Waals surface area (Å²) in [5, 5.41) is 0. The van der Waals surface area contributed by atoms with Crippen LogP contribution in [0.5, 0.6) is 5.75 Å². The molecule has 3 aliphatic heterocycles. The number of carbonyl (C=O) groups is 3. The van der Waals surface area contributed by atoms with Gasteiger partial charge in [0, 0.05) is 26.2 Å². The first kappa shape index (κ1) is 19.4. The minimum Gasteiger partial charge on any atom is -0.497 e. The summed E-state index contributed by atoms with van der Waals surface area (Å²) in [7, 11) is 1.64. The van der Waals surface area contributed by atoms with Gasteiger partial charge >= 0.3 is 6.03 Å². The number of methoxy groups -OCH3 is 1. The molecule has 160 valence electrons. The van der Waals surface area contributed by atoms with Crippen molar-refractivity contribution in [3.8, 4) is 5.75 Å². The average Bonchev–Trinajstić information content (AvgIpc) is 3.46. The van der Waals surface area contributed by atoms with Crippen LogP contribution in [0, 0.1) is 5.41 Å². The standard InChI is InChI=1S/C23H29N3O4/c1-3-25-19(27)18-14-22(15-26(18)21(25)29)10-12-24(13-11-22)20(28)23(8-9-23)16-4-6-17(30-2)7-5-16/h4-7,18H,3,8-15H2,1-2H3. The Balaban J connectivity index is 1.25. The predicted molar refractivity (Wildman–Crippen MR) is 110 cm³/mol. The zero-order valence-electron chi connectivity index (χ0n) is 17.7. The SMILES string of the molecule is CCN1C(=O)C2CC3(CCN(C(=O)C4(c5ccc(OC)cc5)CC4)CC3)CN2C1=O. The molecule has 1 unspecified atom stereocenters. The van der Waals surface area contributed by atoms with Crippen LogP contribution >= 0.6 is 0 Å². The molecule has 1 spiro atoms. The average molecular weight is 412 g/mol. The number of carbonyl (C=O) groups excluding carboxylic acids is 3. The Bertz CT molecular complexity index is 858. The third kappa shape index (κ3) is 2.74. The van der Waals surface area contributed by atoms with Gasteiger partial charge in [0.05, 0.1) is 12.5 Å². The number of fused-ring (bicyclic) bond motifs is 1. The summed E-state index contributed by atoms with van der Waals surface area (Å²) in [5.41, 5.74) is 0.676. The van der Waals surface area contributed by atoms with Crippen LogP contribution in [-0.4, -0.2) is 71.9 Å². The second-order valence-electron chi connectivity index (χ2n) is 9.32. The zero-order valence-corrected chi connectivity index (χ0v) is 17.7. The van der Waals surface area contributed by atoms with E-state index < -0.39 is 0 Å². The van der Waals surface area contributed by atoms with Crippen molar-refractivity contribution in [1.29, 1.82) is 0 Å². The lowest BCUT2D eigenvalue weighted by Gasteiger charge is -2.41. The Kier molecular flexibility index (Phi) is 4.35. The van der Waals surface area contributed by atoms with Crippen LogP contribution in [0.15, 0.2) is 24.3 Å². The highest BCUT2D eigenvalue weighted by Crippen LogP contribution is 2.52. The maximum absolute atomic E-state index is 13.4. The monoisotopic (exact) mass is 411 g/mol. The topological polar surface area (TPSA) is 70.2 Å². The Morgan fingerprint density at radius 2 is 1.77 bits per heavy atom. The minimum atomic E-state index is -0.375. The van der Waals surface area contributed by atoms with E-state index in [1.165, 1.54) is 4.90 Å². The Morgan fingerprint density at radius 1 is 1.10 bits per heavy atom. The Labute approximate surface area is 176 Å². The Hall–Kier alpha value is -2.57. The Morgan fingerprint density at radius 3 is 2.30 bits per heavy atom. The van der Waals surface area contributed by atoms with Gasteiger partial charge in [-0.25, -0.2) is 4.79 Å². The van der Waals surface area contributed by atoms with E-state index in [0.29, 0.717) is 26.2 Å². The van der Waals surface area contributed by atoms with Gasteiger partial charge in [-0.1, -0.05) is 12.1 Å². The van der Waals surface area contributed by atoms with Crippen molar-refractivity contribution < 1.29 is 19.1 Å². The number of benzene rings is 1. The summed E-state index contributed by atoms with van der Waals surface area (Å²) >= 11 is 0. The number of likely N-dealkylation sites (tertiary alicyclic amines) is 1. The smallest absolute Gasteiger partial charge is 0.327 e. The highest BCUT2D eigenvalue weighted by Gasteiger charge is 2.58. The predicted octanol–water partition coefficient (Wildman–Crippen LogP) is 2.39. The summed E-state index contributed by atoms with van der Waals surface area (Å²) in [4.78, 5) is 43.6. The number of rotatable bonds is 4.